The van der Waals surface area contributed by atoms with Crippen molar-refractivity contribution in [3.63, 3.8) is 0 Å². The molecule has 9 nitrogen and oxygen atoms in total. The fourth-order valence-corrected chi connectivity index (χ4v) is 6.10. The van der Waals surface area contributed by atoms with Crippen LogP contribution >= 0.6 is 0 Å². The van der Waals surface area contributed by atoms with Crippen molar-refractivity contribution in [2.24, 2.45) is 0 Å². The van der Waals surface area contributed by atoms with Crippen LogP contribution in [0.4, 0.5) is 0 Å². The number of nitrogens with one attached hydrogen (secondary N) is 1. The minimum atomic E-state index is -1.57. The second kappa shape index (κ2) is 32.1. The maximum atomic E-state index is 12.9. The first-order chi connectivity index (χ1) is 24.3. The summed E-state index contributed by atoms with van der Waals surface area (Å²) < 4.78 is 11.1. The molecule has 0 bridgehead atoms. The van der Waals surface area contributed by atoms with Crippen molar-refractivity contribution < 1.29 is 39.8 Å². The molecule has 2 unspecified atom stereocenters. The topological polar surface area (TPSA) is 149 Å². The number of aliphatic hydroxyl groups is 5. The Balaban J connectivity index is 2.46. The van der Waals surface area contributed by atoms with Crippen molar-refractivity contribution in [2.45, 2.75) is 204 Å². The molecule has 7 atom stereocenters. The zero-order chi connectivity index (χ0) is 36.7. The van der Waals surface area contributed by atoms with Gasteiger partial charge < -0.3 is 40.3 Å². The van der Waals surface area contributed by atoms with Gasteiger partial charge in [-0.3, -0.25) is 4.79 Å². The molecule has 1 fully saturated rings. The summed E-state index contributed by atoms with van der Waals surface area (Å²) in [7, 11) is 0. The number of aliphatic hydroxyl groups excluding tert-OH is 5. The van der Waals surface area contributed by atoms with Gasteiger partial charge in [0.05, 0.1) is 25.4 Å². The fraction of sp³-hybridized carbons (Fsp3) is 0.829. The predicted molar refractivity (Wildman–Crippen MR) is 203 cm³/mol. The number of allylic oxidation sites excluding steroid dienone is 5. The van der Waals surface area contributed by atoms with Crippen LogP contribution in [0, 0.1) is 0 Å². The second-order valence-electron chi connectivity index (χ2n) is 14.1. The molecule has 1 rings (SSSR count). The maximum Gasteiger partial charge on any atom is 0.220 e. The third kappa shape index (κ3) is 23.1. The van der Waals surface area contributed by atoms with E-state index in [2.05, 4.69) is 43.5 Å². The molecule has 1 amide bonds. The maximum absolute atomic E-state index is 12.9. The van der Waals surface area contributed by atoms with Gasteiger partial charge >= 0.3 is 0 Å². The zero-order valence-corrected chi connectivity index (χ0v) is 31.6. The van der Waals surface area contributed by atoms with Crippen molar-refractivity contribution in [3.05, 3.63) is 36.5 Å². The molecule has 0 aromatic heterocycles. The van der Waals surface area contributed by atoms with Gasteiger partial charge in [0.2, 0.25) is 5.91 Å². The molecule has 0 saturated carbocycles. The Kier molecular flexibility index (Phi) is 29.8. The average molecular weight is 710 g/mol. The van der Waals surface area contributed by atoms with Crippen LogP contribution in [0.2, 0.25) is 0 Å². The van der Waals surface area contributed by atoms with Gasteiger partial charge in [0.25, 0.3) is 0 Å². The lowest BCUT2D eigenvalue weighted by Crippen LogP contribution is -2.60. The number of carbonyl (C=O) groups excluding carboxylic acids is 1. The Morgan fingerprint density at radius 1 is 0.660 bits per heavy atom. The highest BCUT2D eigenvalue weighted by Crippen LogP contribution is 2.22. The lowest BCUT2D eigenvalue weighted by molar-refractivity contribution is -0.302. The van der Waals surface area contributed by atoms with Gasteiger partial charge in [-0.25, -0.2) is 0 Å². The van der Waals surface area contributed by atoms with Gasteiger partial charge in [-0.05, 0) is 57.8 Å². The van der Waals surface area contributed by atoms with Crippen LogP contribution < -0.4 is 5.32 Å². The first-order valence-corrected chi connectivity index (χ1v) is 20.2. The minimum Gasteiger partial charge on any atom is -0.394 e. The fourth-order valence-electron chi connectivity index (χ4n) is 6.10. The van der Waals surface area contributed by atoms with E-state index < -0.39 is 49.5 Å². The quantitative estimate of drug-likeness (QED) is 0.0314. The molecule has 0 aromatic rings. The summed E-state index contributed by atoms with van der Waals surface area (Å²) in [6.07, 6.45) is 30.4. The smallest absolute Gasteiger partial charge is 0.220 e. The van der Waals surface area contributed by atoms with Crippen molar-refractivity contribution in [1.82, 2.24) is 5.32 Å². The Hall–Kier alpha value is -1.59. The molecular formula is C41H75NO8. The summed E-state index contributed by atoms with van der Waals surface area (Å²) in [5, 5.41) is 53.9. The van der Waals surface area contributed by atoms with Crippen molar-refractivity contribution >= 4 is 5.91 Å². The van der Waals surface area contributed by atoms with Crippen molar-refractivity contribution in [3.8, 4) is 0 Å². The van der Waals surface area contributed by atoms with Gasteiger partial charge in [-0.1, -0.05) is 134 Å². The molecule has 1 aliphatic rings. The zero-order valence-electron chi connectivity index (χ0n) is 31.6. The number of unbranched alkanes of at least 4 members (excludes halogenated alkanes) is 18. The van der Waals surface area contributed by atoms with E-state index in [1.807, 2.05) is 6.08 Å². The molecule has 0 aromatic carbocycles. The Labute approximate surface area is 304 Å². The van der Waals surface area contributed by atoms with E-state index in [0.717, 1.165) is 57.8 Å². The van der Waals surface area contributed by atoms with Crippen LogP contribution in [-0.2, 0) is 14.3 Å². The monoisotopic (exact) mass is 710 g/mol. The van der Waals surface area contributed by atoms with Crippen molar-refractivity contribution in [2.75, 3.05) is 13.2 Å². The largest absolute Gasteiger partial charge is 0.394 e. The molecule has 50 heavy (non-hydrogen) atoms. The first-order valence-electron chi connectivity index (χ1n) is 20.2. The van der Waals surface area contributed by atoms with Gasteiger partial charge in [0.1, 0.15) is 24.4 Å². The Bertz CT molecular complexity index is 879. The molecule has 6 N–H and O–H groups in total. The standard InChI is InChI=1S/C41H75NO8/c1-3-5-7-9-11-13-15-17-18-19-21-23-25-27-29-31-37(45)42-34(33-49-41-40(48)39(47)38(46)36(32-43)50-41)35(44)30-28-26-24-22-20-16-14-12-10-8-6-4-2/h17-18,20,22,28,30,34-36,38-41,43-44,46-48H,3-16,19,21,23-27,29,31-33H2,1-2H3,(H,42,45)/b18-17+,22-20+,30-28+/t34-,35+,36-,38-,39?,40?,41-/m0/s1. The molecule has 0 aliphatic carbocycles. The summed E-state index contributed by atoms with van der Waals surface area (Å²) in [4.78, 5) is 12.9. The summed E-state index contributed by atoms with van der Waals surface area (Å²) in [5.74, 6) is -0.199. The molecule has 292 valence electrons. The first kappa shape index (κ1) is 46.4. The highest BCUT2D eigenvalue weighted by Gasteiger charge is 2.44. The molecule has 1 heterocycles. The van der Waals surface area contributed by atoms with Crippen LogP contribution in [0.15, 0.2) is 36.5 Å². The van der Waals surface area contributed by atoms with Gasteiger partial charge in [0, 0.05) is 6.42 Å². The number of rotatable bonds is 32. The third-order valence-corrected chi connectivity index (χ3v) is 9.44. The van der Waals surface area contributed by atoms with E-state index in [1.165, 1.54) is 83.5 Å². The molecule has 0 radical (unpaired) electrons. The van der Waals surface area contributed by atoms with E-state index in [9.17, 15) is 30.3 Å². The van der Waals surface area contributed by atoms with Gasteiger partial charge in [-0.15, -0.1) is 0 Å². The summed E-state index contributed by atoms with van der Waals surface area (Å²) in [5.41, 5.74) is 0. The molecular weight excluding hydrogens is 634 g/mol. The summed E-state index contributed by atoms with van der Waals surface area (Å²) in [6.45, 7) is 3.70. The normalized spacial score (nSPS) is 22.6. The molecule has 0 spiro atoms. The Morgan fingerprint density at radius 2 is 1.14 bits per heavy atom. The van der Waals surface area contributed by atoms with E-state index in [0.29, 0.717) is 6.42 Å². The number of amides is 1. The van der Waals surface area contributed by atoms with Gasteiger partial charge in [0.15, 0.2) is 6.29 Å². The highest BCUT2D eigenvalue weighted by molar-refractivity contribution is 5.76. The predicted octanol–water partition coefficient (Wildman–Crippen LogP) is 7.33. The lowest BCUT2D eigenvalue weighted by atomic mass is 9.99. The molecule has 1 saturated heterocycles. The average Bonchev–Trinajstić information content (AvgIpc) is 3.11. The van der Waals surface area contributed by atoms with Gasteiger partial charge in [-0.2, -0.15) is 0 Å². The SMILES string of the molecule is CCCCCCCC/C=C/CC/C=C/[C@@H](O)[C@H](CO[C@H]1O[C@@H](CO)[C@H](O)C(O)C1O)NC(=O)CCCCCCC/C=C/CCCCCCCC. The van der Waals surface area contributed by atoms with E-state index in [4.69, 9.17) is 9.47 Å². The summed E-state index contributed by atoms with van der Waals surface area (Å²) in [6, 6.07) is -0.822. The third-order valence-electron chi connectivity index (χ3n) is 9.44. The summed E-state index contributed by atoms with van der Waals surface area (Å²) >= 11 is 0. The number of hydrogen-bond donors (Lipinski definition) is 6. The van der Waals surface area contributed by atoms with Crippen LogP contribution in [0.1, 0.15) is 162 Å². The van der Waals surface area contributed by atoms with Crippen LogP contribution in [0.25, 0.3) is 0 Å². The van der Waals surface area contributed by atoms with Crippen LogP contribution in [0.5, 0.6) is 0 Å². The second-order valence-corrected chi connectivity index (χ2v) is 14.1. The molecule has 1 aliphatic heterocycles. The van der Waals surface area contributed by atoms with E-state index >= 15 is 0 Å². The number of ether oxygens (including phenoxy) is 2. The lowest BCUT2D eigenvalue weighted by Gasteiger charge is -2.40. The van der Waals surface area contributed by atoms with E-state index in [1.54, 1.807) is 6.08 Å². The van der Waals surface area contributed by atoms with Crippen molar-refractivity contribution in [1.29, 1.82) is 0 Å². The molecule has 9 heteroatoms. The van der Waals surface area contributed by atoms with E-state index in [-0.39, 0.29) is 12.5 Å². The highest BCUT2D eigenvalue weighted by atomic mass is 16.7. The Morgan fingerprint density at radius 3 is 1.68 bits per heavy atom. The number of carbonyl (C=O) groups is 1. The van der Waals surface area contributed by atoms with Crippen LogP contribution in [0.3, 0.4) is 0 Å². The number of hydrogen-bond acceptors (Lipinski definition) is 8. The minimum absolute atomic E-state index is 0.199. The van der Waals surface area contributed by atoms with Crippen LogP contribution in [-0.4, -0.2) is 87.5 Å².